The third kappa shape index (κ3) is 4.40. The predicted molar refractivity (Wildman–Crippen MR) is 83.4 cm³/mol. The number of ether oxygens (including phenoxy) is 1. The number of aryl methyl sites for hydroxylation is 1. The maximum Gasteiger partial charge on any atom is 0.316 e. The molecule has 4 heteroatoms. The highest BCUT2D eigenvalue weighted by Gasteiger charge is 2.24. The van der Waals surface area contributed by atoms with E-state index in [0.29, 0.717) is 11.9 Å². The quantitative estimate of drug-likeness (QED) is 0.835. The molecular formula is C17H27N3O. The van der Waals surface area contributed by atoms with Gasteiger partial charge in [-0.25, -0.2) is 9.97 Å². The molecule has 1 aliphatic carbocycles. The normalized spacial score (nSPS) is 24.3. The topological polar surface area (TPSA) is 38.2 Å². The highest BCUT2D eigenvalue weighted by molar-refractivity contribution is 5.04. The fourth-order valence-corrected chi connectivity index (χ4v) is 3.66. The molecule has 1 aromatic rings. The zero-order valence-electron chi connectivity index (χ0n) is 13.1. The summed E-state index contributed by atoms with van der Waals surface area (Å²) in [5, 5.41) is 0. The largest absolute Gasteiger partial charge is 0.463 e. The lowest BCUT2D eigenvalue weighted by Gasteiger charge is -2.34. The van der Waals surface area contributed by atoms with Crippen molar-refractivity contribution >= 4 is 0 Å². The summed E-state index contributed by atoms with van der Waals surface area (Å²) < 4.78 is 5.77. The van der Waals surface area contributed by atoms with Gasteiger partial charge in [0.25, 0.3) is 0 Å². The zero-order valence-corrected chi connectivity index (χ0v) is 13.1. The maximum absolute atomic E-state index is 5.77. The van der Waals surface area contributed by atoms with Crippen LogP contribution in [0.25, 0.3) is 0 Å². The third-order valence-electron chi connectivity index (χ3n) is 4.80. The average molecular weight is 289 g/mol. The van der Waals surface area contributed by atoms with E-state index < -0.39 is 0 Å². The Morgan fingerprint density at radius 1 is 1.10 bits per heavy atom. The first-order chi connectivity index (χ1) is 10.3. The standard InChI is InChI=1S/C17H27N3O/c1-14-9-18-17(19-10-14)21-13-16-7-4-8-20(12-16)11-15-5-2-3-6-15/h9-10,15-16H,2-8,11-13H2,1H3. The van der Waals surface area contributed by atoms with Crippen LogP contribution in [0.3, 0.4) is 0 Å². The van der Waals surface area contributed by atoms with Crippen molar-refractivity contribution < 1.29 is 4.74 Å². The number of piperidine rings is 1. The molecule has 1 aromatic heterocycles. The van der Waals surface area contributed by atoms with Crippen LogP contribution in [0.5, 0.6) is 6.01 Å². The van der Waals surface area contributed by atoms with Gasteiger partial charge >= 0.3 is 6.01 Å². The molecule has 21 heavy (non-hydrogen) atoms. The van der Waals surface area contributed by atoms with Gasteiger partial charge in [-0.3, -0.25) is 0 Å². The van der Waals surface area contributed by atoms with E-state index in [2.05, 4.69) is 14.9 Å². The predicted octanol–water partition coefficient (Wildman–Crippen LogP) is 3.07. The number of likely N-dealkylation sites (tertiary alicyclic amines) is 1. The van der Waals surface area contributed by atoms with Gasteiger partial charge in [0.05, 0.1) is 6.61 Å². The second-order valence-electron chi connectivity index (χ2n) is 6.77. The first-order valence-electron chi connectivity index (χ1n) is 8.43. The van der Waals surface area contributed by atoms with Crippen molar-refractivity contribution in [1.29, 1.82) is 0 Å². The molecule has 1 atom stereocenters. The van der Waals surface area contributed by atoms with Crippen LogP contribution in [0.2, 0.25) is 0 Å². The van der Waals surface area contributed by atoms with E-state index in [4.69, 9.17) is 4.74 Å². The van der Waals surface area contributed by atoms with Crippen LogP contribution in [-0.4, -0.2) is 41.1 Å². The van der Waals surface area contributed by atoms with Crippen LogP contribution in [-0.2, 0) is 0 Å². The van der Waals surface area contributed by atoms with Gasteiger partial charge in [0.15, 0.2) is 0 Å². The van der Waals surface area contributed by atoms with Crippen LogP contribution in [0.15, 0.2) is 12.4 Å². The van der Waals surface area contributed by atoms with E-state index in [0.717, 1.165) is 18.1 Å². The van der Waals surface area contributed by atoms with Gasteiger partial charge in [-0.2, -0.15) is 0 Å². The van der Waals surface area contributed by atoms with Gasteiger partial charge in [-0.15, -0.1) is 0 Å². The molecule has 3 rings (SSSR count). The Bertz CT molecular complexity index is 428. The van der Waals surface area contributed by atoms with Gasteiger partial charge in [0.2, 0.25) is 0 Å². The Balaban J connectivity index is 1.43. The second kappa shape index (κ2) is 7.21. The minimum Gasteiger partial charge on any atom is -0.463 e. The lowest BCUT2D eigenvalue weighted by molar-refractivity contribution is 0.113. The van der Waals surface area contributed by atoms with Crippen LogP contribution in [0, 0.1) is 18.8 Å². The van der Waals surface area contributed by atoms with Crippen LogP contribution in [0.4, 0.5) is 0 Å². The number of nitrogens with zero attached hydrogens (tertiary/aromatic N) is 3. The Labute approximate surface area is 127 Å². The molecule has 2 heterocycles. The Morgan fingerprint density at radius 2 is 1.81 bits per heavy atom. The molecule has 2 aliphatic rings. The number of rotatable bonds is 5. The van der Waals surface area contributed by atoms with E-state index in [-0.39, 0.29) is 0 Å². The number of hydrogen-bond donors (Lipinski definition) is 0. The van der Waals surface area contributed by atoms with Crippen molar-refractivity contribution in [2.24, 2.45) is 11.8 Å². The molecule has 0 bridgehead atoms. The summed E-state index contributed by atoms with van der Waals surface area (Å²) in [5.74, 6) is 1.58. The summed E-state index contributed by atoms with van der Waals surface area (Å²) in [7, 11) is 0. The van der Waals surface area contributed by atoms with E-state index in [1.54, 1.807) is 0 Å². The second-order valence-corrected chi connectivity index (χ2v) is 6.77. The van der Waals surface area contributed by atoms with Gasteiger partial charge in [0.1, 0.15) is 0 Å². The van der Waals surface area contributed by atoms with Gasteiger partial charge in [0, 0.05) is 31.4 Å². The first kappa shape index (κ1) is 14.8. The molecular weight excluding hydrogens is 262 g/mol. The van der Waals surface area contributed by atoms with Crippen molar-refractivity contribution in [1.82, 2.24) is 14.9 Å². The van der Waals surface area contributed by atoms with E-state index in [9.17, 15) is 0 Å². The van der Waals surface area contributed by atoms with Crippen LogP contribution >= 0.6 is 0 Å². The molecule has 1 aliphatic heterocycles. The number of hydrogen-bond acceptors (Lipinski definition) is 4. The van der Waals surface area contributed by atoms with Crippen LogP contribution in [0.1, 0.15) is 44.1 Å². The Morgan fingerprint density at radius 3 is 2.57 bits per heavy atom. The molecule has 0 N–H and O–H groups in total. The lowest BCUT2D eigenvalue weighted by atomic mass is 9.97. The van der Waals surface area contributed by atoms with Crippen molar-refractivity contribution in [3.8, 4) is 6.01 Å². The fourth-order valence-electron chi connectivity index (χ4n) is 3.66. The van der Waals surface area contributed by atoms with Gasteiger partial charge < -0.3 is 9.64 Å². The minimum atomic E-state index is 0.522. The molecule has 0 aromatic carbocycles. The summed E-state index contributed by atoms with van der Waals surface area (Å²) in [6, 6.07) is 0.522. The Hall–Kier alpha value is -1.16. The Kier molecular flexibility index (Phi) is 5.07. The van der Waals surface area contributed by atoms with Crippen molar-refractivity contribution in [2.45, 2.75) is 45.4 Å². The fraction of sp³-hybridized carbons (Fsp3) is 0.765. The van der Waals surface area contributed by atoms with Crippen molar-refractivity contribution in [3.63, 3.8) is 0 Å². The molecule has 0 radical (unpaired) electrons. The van der Waals surface area contributed by atoms with Crippen LogP contribution < -0.4 is 4.74 Å². The summed E-state index contributed by atoms with van der Waals surface area (Å²) in [6.45, 7) is 6.50. The average Bonchev–Trinajstić information content (AvgIpc) is 3.00. The lowest BCUT2D eigenvalue weighted by Crippen LogP contribution is -2.40. The van der Waals surface area contributed by atoms with Gasteiger partial charge in [-0.05, 0) is 50.6 Å². The van der Waals surface area contributed by atoms with Gasteiger partial charge in [-0.1, -0.05) is 12.8 Å². The molecule has 1 saturated carbocycles. The maximum atomic E-state index is 5.77. The van der Waals surface area contributed by atoms with Crippen molar-refractivity contribution in [2.75, 3.05) is 26.2 Å². The SMILES string of the molecule is Cc1cnc(OCC2CCCN(CC3CCCC3)C2)nc1. The highest BCUT2D eigenvalue weighted by atomic mass is 16.5. The summed E-state index contributed by atoms with van der Waals surface area (Å²) >= 11 is 0. The molecule has 116 valence electrons. The monoisotopic (exact) mass is 289 g/mol. The third-order valence-corrected chi connectivity index (χ3v) is 4.80. The van der Waals surface area contributed by atoms with E-state index in [1.807, 2.05) is 19.3 Å². The first-order valence-corrected chi connectivity index (χ1v) is 8.43. The zero-order chi connectivity index (χ0) is 14.5. The van der Waals surface area contributed by atoms with E-state index >= 15 is 0 Å². The number of aromatic nitrogens is 2. The summed E-state index contributed by atoms with van der Waals surface area (Å²) in [4.78, 5) is 11.1. The molecule has 4 nitrogen and oxygen atoms in total. The minimum absolute atomic E-state index is 0.522. The molecule has 1 saturated heterocycles. The molecule has 0 amide bonds. The van der Waals surface area contributed by atoms with E-state index in [1.165, 1.54) is 58.2 Å². The summed E-state index contributed by atoms with van der Waals surface area (Å²) in [6.07, 6.45) is 12.0. The molecule has 1 unspecified atom stereocenters. The molecule has 2 fully saturated rings. The smallest absolute Gasteiger partial charge is 0.316 e. The highest BCUT2D eigenvalue weighted by Crippen LogP contribution is 2.27. The van der Waals surface area contributed by atoms with Crippen molar-refractivity contribution in [3.05, 3.63) is 18.0 Å². The molecule has 0 spiro atoms. The summed E-state index contributed by atoms with van der Waals surface area (Å²) in [5.41, 5.74) is 1.07.